The molecule has 128 valence electrons. The van der Waals surface area contributed by atoms with Crippen molar-refractivity contribution in [1.29, 1.82) is 0 Å². The average Bonchev–Trinajstić information content (AvgIpc) is 3.07. The van der Waals surface area contributed by atoms with Gasteiger partial charge < -0.3 is 9.73 Å². The van der Waals surface area contributed by atoms with Crippen LogP contribution in [0.15, 0.2) is 57.9 Å². The molecule has 1 aromatic carbocycles. The fourth-order valence-corrected chi connectivity index (χ4v) is 3.46. The number of benzene rings is 1. The number of nitrogens with zero attached hydrogens (tertiary/aromatic N) is 2. The highest BCUT2D eigenvalue weighted by Gasteiger charge is 2.25. The Morgan fingerprint density at radius 1 is 1.12 bits per heavy atom. The van der Waals surface area contributed by atoms with Crippen molar-refractivity contribution in [3.8, 4) is 0 Å². The zero-order chi connectivity index (χ0) is 17.2. The molecule has 2 aromatic heterocycles. The summed E-state index contributed by atoms with van der Waals surface area (Å²) in [7, 11) is 0. The van der Waals surface area contributed by atoms with E-state index >= 15 is 0 Å². The maximum Gasteiger partial charge on any atom is 0.287 e. The molecule has 25 heavy (non-hydrogen) atoms. The van der Waals surface area contributed by atoms with Crippen LogP contribution in [0.5, 0.6) is 0 Å². The van der Waals surface area contributed by atoms with Gasteiger partial charge in [-0.3, -0.25) is 9.59 Å². The summed E-state index contributed by atoms with van der Waals surface area (Å²) in [6, 6.07) is 12.7. The smallest absolute Gasteiger partial charge is 0.287 e. The Balaban J connectivity index is 1.39. The van der Waals surface area contributed by atoms with Gasteiger partial charge in [-0.15, -0.1) is 0 Å². The molecule has 1 saturated carbocycles. The zero-order valence-corrected chi connectivity index (χ0v) is 13.7. The van der Waals surface area contributed by atoms with Crippen LogP contribution in [0.1, 0.15) is 42.3 Å². The second-order valence-corrected chi connectivity index (χ2v) is 6.43. The van der Waals surface area contributed by atoms with E-state index in [0.29, 0.717) is 11.3 Å². The molecule has 0 unspecified atom stereocenters. The van der Waals surface area contributed by atoms with Crippen molar-refractivity contribution < 1.29 is 9.21 Å². The number of hydrogen-bond donors (Lipinski definition) is 1. The molecule has 1 fully saturated rings. The van der Waals surface area contributed by atoms with Gasteiger partial charge >= 0.3 is 0 Å². The van der Waals surface area contributed by atoms with E-state index in [-0.39, 0.29) is 23.6 Å². The van der Waals surface area contributed by atoms with E-state index < -0.39 is 0 Å². The monoisotopic (exact) mass is 337 g/mol. The quantitative estimate of drug-likeness (QED) is 0.797. The SMILES string of the molecule is O=C(NC1CCC(n2ncccc2=O)CC1)c1cc2ccccc2o1. The van der Waals surface area contributed by atoms with Gasteiger partial charge in [0.1, 0.15) is 5.58 Å². The largest absolute Gasteiger partial charge is 0.451 e. The van der Waals surface area contributed by atoms with Gasteiger partial charge in [0, 0.05) is 23.7 Å². The number of carbonyl (C=O) groups is 1. The molecule has 6 nitrogen and oxygen atoms in total. The number of nitrogens with one attached hydrogen (secondary N) is 1. The van der Waals surface area contributed by atoms with Gasteiger partial charge in [-0.2, -0.15) is 5.10 Å². The van der Waals surface area contributed by atoms with Crippen molar-refractivity contribution in [2.75, 3.05) is 0 Å². The van der Waals surface area contributed by atoms with Crippen LogP contribution in [0.4, 0.5) is 0 Å². The molecule has 3 aromatic rings. The summed E-state index contributed by atoms with van der Waals surface area (Å²) in [6.07, 6.45) is 4.92. The molecule has 0 spiro atoms. The molecular weight excluding hydrogens is 318 g/mol. The minimum absolute atomic E-state index is 0.0720. The van der Waals surface area contributed by atoms with Crippen LogP contribution >= 0.6 is 0 Å². The summed E-state index contributed by atoms with van der Waals surface area (Å²) in [6.45, 7) is 0. The minimum Gasteiger partial charge on any atom is -0.451 e. The highest BCUT2D eigenvalue weighted by molar-refractivity contribution is 5.96. The number of fused-ring (bicyclic) bond motifs is 1. The summed E-state index contributed by atoms with van der Waals surface area (Å²) in [5, 5.41) is 8.13. The standard InChI is InChI=1S/C19H19N3O3/c23-18-6-3-11-20-22(18)15-9-7-14(8-10-15)21-19(24)17-12-13-4-1-2-5-16(13)25-17/h1-6,11-12,14-15H,7-10H2,(H,21,24). The molecule has 1 aliphatic rings. The molecule has 0 bridgehead atoms. The number of amides is 1. The average molecular weight is 337 g/mol. The third kappa shape index (κ3) is 3.20. The maximum absolute atomic E-state index is 12.4. The molecular formula is C19H19N3O3. The molecule has 0 aliphatic heterocycles. The van der Waals surface area contributed by atoms with E-state index in [0.717, 1.165) is 31.1 Å². The lowest BCUT2D eigenvalue weighted by atomic mass is 9.91. The van der Waals surface area contributed by atoms with Crippen LogP contribution in [0.2, 0.25) is 0 Å². The number of carbonyl (C=O) groups excluding carboxylic acids is 1. The highest BCUT2D eigenvalue weighted by atomic mass is 16.3. The minimum atomic E-state index is -0.186. The first-order valence-electron chi connectivity index (χ1n) is 8.54. The van der Waals surface area contributed by atoms with Gasteiger partial charge in [0.25, 0.3) is 11.5 Å². The van der Waals surface area contributed by atoms with Gasteiger partial charge in [-0.25, -0.2) is 4.68 Å². The zero-order valence-electron chi connectivity index (χ0n) is 13.7. The van der Waals surface area contributed by atoms with E-state index in [1.165, 1.54) is 6.07 Å². The van der Waals surface area contributed by atoms with Crippen LogP contribution in [-0.4, -0.2) is 21.7 Å². The lowest BCUT2D eigenvalue weighted by molar-refractivity contribution is 0.0895. The van der Waals surface area contributed by atoms with Gasteiger partial charge in [0.15, 0.2) is 5.76 Å². The Bertz CT molecular complexity index is 918. The fourth-order valence-electron chi connectivity index (χ4n) is 3.46. The molecule has 2 heterocycles. The first kappa shape index (κ1) is 15.6. The first-order chi connectivity index (χ1) is 12.2. The van der Waals surface area contributed by atoms with Crippen molar-refractivity contribution in [1.82, 2.24) is 15.1 Å². The van der Waals surface area contributed by atoms with E-state index in [4.69, 9.17) is 4.42 Å². The van der Waals surface area contributed by atoms with Crippen molar-refractivity contribution in [2.45, 2.75) is 37.8 Å². The molecule has 6 heteroatoms. The highest BCUT2D eigenvalue weighted by Crippen LogP contribution is 2.27. The lowest BCUT2D eigenvalue weighted by Crippen LogP contribution is -2.39. The molecule has 4 rings (SSSR count). The van der Waals surface area contributed by atoms with E-state index in [2.05, 4.69) is 10.4 Å². The predicted octanol–water partition coefficient (Wildman–Crippen LogP) is 2.90. The Kier molecular flexibility index (Phi) is 4.09. The molecule has 1 amide bonds. The van der Waals surface area contributed by atoms with E-state index in [1.807, 2.05) is 24.3 Å². The third-order valence-electron chi connectivity index (χ3n) is 4.77. The van der Waals surface area contributed by atoms with E-state index in [1.54, 1.807) is 23.0 Å². The second-order valence-electron chi connectivity index (χ2n) is 6.43. The molecule has 1 N–H and O–H groups in total. The van der Waals surface area contributed by atoms with E-state index in [9.17, 15) is 9.59 Å². The molecule has 0 atom stereocenters. The van der Waals surface area contributed by atoms with Gasteiger partial charge in [0.05, 0.1) is 6.04 Å². The van der Waals surface area contributed by atoms with Crippen LogP contribution in [0.25, 0.3) is 11.0 Å². The Morgan fingerprint density at radius 3 is 2.68 bits per heavy atom. The predicted molar refractivity (Wildman–Crippen MR) is 93.5 cm³/mol. The topological polar surface area (TPSA) is 77.1 Å². The number of aromatic nitrogens is 2. The molecule has 1 aliphatic carbocycles. The second kappa shape index (κ2) is 6.55. The van der Waals surface area contributed by atoms with Crippen LogP contribution < -0.4 is 10.9 Å². The van der Waals surface area contributed by atoms with Gasteiger partial charge in [-0.1, -0.05) is 18.2 Å². The Morgan fingerprint density at radius 2 is 1.92 bits per heavy atom. The Hall–Kier alpha value is -2.89. The van der Waals surface area contributed by atoms with Crippen molar-refractivity contribution in [3.05, 3.63) is 64.8 Å². The number of furan rings is 1. The van der Waals surface area contributed by atoms with Crippen LogP contribution in [0, 0.1) is 0 Å². The van der Waals surface area contributed by atoms with Gasteiger partial charge in [0.2, 0.25) is 0 Å². The van der Waals surface area contributed by atoms with Crippen LogP contribution in [-0.2, 0) is 0 Å². The maximum atomic E-state index is 12.4. The van der Waals surface area contributed by atoms with Crippen molar-refractivity contribution >= 4 is 16.9 Å². The lowest BCUT2D eigenvalue weighted by Gasteiger charge is -2.29. The summed E-state index contributed by atoms with van der Waals surface area (Å²) >= 11 is 0. The molecule has 0 radical (unpaired) electrons. The fraction of sp³-hybridized carbons (Fsp3) is 0.316. The summed E-state index contributed by atoms with van der Waals surface area (Å²) in [5.74, 6) is 0.152. The van der Waals surface area contributed by atoms with Crippen molar-refractivity contribution in [2.24, 2.45) is 0 Å². The summed E-state index contributed by atoms with van der Waals surface area (Å²) in [4.78, 5) is 24.3. The number of hydrogen-bond acceptors (Lipinski definition) is 4. The Labute approximate surface area is 144 Å². The normalized spacial score (nSPS) is 20.5. The third-order valence-corrected chi connectivity index (χ3v) is 4.77. The first-order valence-corrected chi connectivity index (χ1v) is 8.54. The van der Waals surface area contributed by atoms with Crippen LogP contribution in [0.3, 0.4) is 0 Å². The summed E-state index contributed by atoms with van der Waals surface area (Å²) < 4.78 is 7.16. The number of para-hydroxylation sites is 1. The summed E-state index contributed by atoms with van der Waals surface area (Å²) in [5.41, 5.74) is 0.642. The number of rotatable bonds is 3. The van der Waals surface area contributed by atoms with Gasteiger partial charge in [-0.05, 0) is 43.9 Å². The van der Waals surface area contributed by atoms with Crippen molar-refractivity contribution in [3.63, 3.8) is 0 Å². The molecule has 0 saturated heterocycles.